The molecule has 1 N–H and O–H groups in total. The number of nitrogens with one attached hydrogen (secondary N) is 1. The summed E-state index contributed by atoms with van der Waals surface area (Å²) >= 11 is 0. The molecule has 0 saturated carbocycles. The molecule has 0 aliphatic heterocycles. The maximum absolute atomic E-state index is 11.1. The summed E-state index contributed by atoms with van der Waals surface area (Å²) in [6.07, 6.45) is 3.50. The summed E-state index contributed by atoms with van der Waals surface area (Å²) in [5.41, 5.74) is 3.74. The number of nitro benzene ring substituents is 1. The van der Waals surface area contributed by atoms with E-state index in [1.54, 1.807) is 12.3 Å². The number of nitro groups is 1. The third-order valence-electron chi connectivity index (χ3n) is 3.46. The van der Waals surface area contributed by atoms with Crippen LogP contribution in [0.25, 0.3) is 0 Å². The van der Waals surface area contributed by atoms with Crippen LogP contribution in [0.3, 0.4) is 0 Å². The molecular weight excluding hydrogens is 266 g/mol. The van der Waals surface area contributed by atoms with E-state index in [4.69, 9.17) is 0 Å². The molecule has 1 aromatic heterocycles. The van der Waals surface area contributed by atoms with Crippen molar-refractivity contribution in [2.45, 2.75) is 26.7 Å². The van der Waals surface area contributed by atoms with E-state index in [1.807, 2.05) is 38.1 Å². The SMILES string of the molecule is Cc1cc(NCCCc2ccccn2)c([N+](=O)[O-])cc1C. The number of hydrogen-bond donors (Lipinski definition) is 1. The third-order valence-corrected chi connectivity index (χ3v) is 3.46. The largest absolute Gasteiger partial charge is 0.379 e. The van der Waals surface area contributed by atoms with Gasteiger partial charge >= 0.3 is 0 Å². The minimum absolute atomic E-state index is 0.135. The van der Waals surface area contributed by atoms with Gasteiger partial charge in [0.1, 0.15) is 5.69 Å². The number of nitrogens with zero attached hydrogens (tertiary/aromatic N) is 2. The fourth-order valence-corrected chi connectivity index (χ4v) is 2.13. The van der Waals surface area contributed by atoms with Crippen LogP contribution in [0.4, 0.5) is 11.4 Å². The van der Waals surface area contributed by atoms with Crippen molar-refractivity contribution >= 4 is 11.4 Å². The number of rotatable bonds is 6. The second kappa shape index (κ2) is 6.83. The minimum atomic E-state index is -0.340. The van der Waals surface area contributed by atoms with Crippen LogP contribution in [-0.2, 0) is 6.42 Å². The second-order valence-corrected chi connectivity index (χ2v) is 5.06. The highest BCUT2D eigenvalue weighted by molar-refractivity contribution is 5.64. The van der Waals surface area contributed by atoms with Gasteiger partial charge in [-0.25, -0.2) is 0 Å². The van der Waals surface area contributed by atoms with E-state index < -0.39 is 0 Å². The molecule has 1 aromatic carbocycles. The standard InChI is InChI=1S/C16H19N3O2/c1-12-10-15(16(19(20)21)11-13(12)2)18-9-5-7-14-6-3-4-8-17-14/h3-4,6,8,10-11,18H,5,7,9H2,1-2H3. The summed E-state index contributed by atoms with van der Waals surface area (Å²) in [7, 11) is 0. The molecule has 0 radical (unpaired) electrons. The molecule has 2 rings (SSSR count). The van der Waals surface area contributed by atoms with Crippen LogP contribution in [0.2, 0.25) is 0 Å². The molecule has 0 bridgehead atoms. The van der Waals surface area contributed by atoms with Gasteiger partial charge in [0, 0.05) is 24.5 Å². The monoisotopic (exact) mass is 285 g/mol. The van der Waals surface area contributed by atoms with E-state index in [9.17, 15) is 10.1 Å². The van der Waals surface area contributed by atoms with Gasteiger partial charge in [0.15, 0.2) is 0 Å². The highest BCUT2D eigenvalue weighted by Crippen LogP contribution is 2.27. The van der Waals surface area contributed by atoms with E-state index in [2.05, 4.69) is 10.3 Å². The third kappa shape index (κ3) is 4.02. The second-order valence-electron chi connectivity index (χ2n) is 5.06. The molecule has 0 unspecified atom stereocenters. The first-order valence-corrected chi connectivity index (χ1v) is 6.97. The van der Waals surface area contributed by atoms with Crippen molar-refractivity contribution in [2.24, 2.45) is 0 Å². The van der Waals surface area contributed by atoms with Crippen LogP contribution < -0.4 is 5.32 Å². The lowest BCUT2D eigenvalue weighted by atomic mass is 10.1. The van der Waals surface area contributed by atoms with Gasteiger partial charge in [0.2, 0.25) is 0 Å². The zero-order chi connectivity index (χ0) is 15.2. The molecule has 21 heavy (non-hydrogen) atoms. The first-order chi connectivity index (χ1) is 10.1. The Balaban J connectivity index is 1.96. The first-order valence-electron chi connectivity index (χ1n) is 6.97. The van der Waals surface area contributed by atoms with Gasteiger partial charge in [-0.15, -0.1) is 0 Å². The normalized spacial score (nSPS) is 10.4. The Morgan fingerprint density at radius 3 is 2.67 bits per heavy atom. The van der Waals surface area contributed by atoms with Crippen LogP contribution in [0.1, 0.15) is 23.2 Å². The van der Waals surface area contributed by atoms with E-state index in [0.29, 0.717) is 12.2 Å². The predicted octanol–water partition coefficient (Wildman–Crippen LogP) is 3.65. The number of anilines is 1. The van der Waals surface area contributed by atoms with Crippen molar-refractivity contribution in [3.63, 3.8) is 0 Å². The molecule has 0 aliphatic rings. The van der Waals surface area contributed by atoms with Gasteiger partial charge in [-0.3, -0.25) is 15.1 Å². The molecule has 5 nitrogen and oxygen atoms in total. The Hall–Kier alpha value is -2.43. The molecule has 0 fully saturated rings. The van der Waals surface area contributed by atoms with Gasteiger partial charge < -0.3 is 5.32 Å². The average Bonchev–Trinajstić information content (AvgIpc) is 2.47. The molecule has 110 valence electrons. The van der Waals surface area contributed by atoms with Crippen molar-refractivity contribution in [3.8, 4) is 0 Å². The zero-order valence-electron chi connectivity index (χ0n) is 12.3. The highest BCUT2D eigenvalue weighted by Gasteiger charge is 2.14. The van der Waals surface area contributed by atoms with Crippen LogP contribution in [0, 0.1) is 24.0 Å². The number of pyridine rings is 1. The molecule has 1 heterocycles. The van der Waals surface area contributed by atoms with E-state index in [-0.39, 0.29) is 10.6 Å². The van der Waals surface area contributed by atoms with E-state index >= 15 is 0 Å². The van der Waals surface area contributed by atoms with Crippen LogP contribution in [-0.4, -0.2) is 16.5 Å². The highest BCUT2D eigenvalue weighted by atomic mass is 16.6. The summed E-state index contributed by atoms with van der Waals surface area (Å²) in [4.78, 5) is 15.0. The van der Waals surface area contributed by atoms with Gasteiger partial charge in [0.05, 0.1) is 4.92 Å². The average molecular weight is 285 g/mol. The minimum Gasteiger partial charge on any atom is -0.379 e. The molecule has 0 amide bonds. The van der Waals surface area contributed by atoms with E-state index in [1.165, 1.54) is 0 Å². The van der Waals surface area contributed by atoms with Crippen LogP contribution >= 0.6 is 0 Å². The fourth-order valence-electron chi connectivity index (χ4n) is 2.13. The summed E-state index contributed by atoms with van der Waals surface area (Å²) in [5, 5.41) is 14.3. The van der Waals surface area contributed by atoms with Crippen LogP contribution in [0.5, 0.6) is 0 Å². The Morgan fingerprint density at radius 2 is 2.00 bits per heavy atom. The number of hydrogen-bond acceptors (Lipinski definition) is 4. The maximum atomic E-state index is 11.1. The first kappa shape index (κ1) is 15.0. The summed E-state index contributed by atoms with van der Waals surface area (Å²) in [6.45, 7) is 4.52. The molecule has 5 heteroatoms. The van der Waals surface area contributed by atoms with E-state index in [0.717, 1.165) is 29.7 Å². The Bertz CT molecular complexity index is 627. The van der Waals surface area contributed by atoms with Crippen molar-refractivity contribution in [2.75, 3.05) is 11.9 Å². The smallest absolute Gasteiger partial charge is 0.292 e. The quantitative estimate of drug-likeness (QED) is 0.499. The fraction of sp³-hybridized carbons (Fsp3) is 0.312. The molecule has 0 atom stereocenters. The Labute approximate surface area is 124 Å². The Morgan fingerprint density at radius 1 is 1.24 bits per heavy atom. The summed E-state index contributed by atoms with van der Waals surface area (Å²) < 4.78 is 0. The zero-order valence-corrected chi connectivity index (χ0v) is 12.3. The molecule has 2 aromatic rings. The van der Waals surface area contributed by atoms with Crippen molar-refractivity contribution < 1.29 is 4.92 Å². The van der Waals surface area contributed by atoms with Gasteiger partial charge in [-0.1, -0.05) is 6.07 Å². The topological polar surface area (TPSA) is 68.1 Å². The van der Waals surface area contributed by atoms with Gasteiger partial charge in [-0.05, 0) is 56.0 Å². The molecule has 0 aliphatic carbocycles. The lowest BCUT2D eigenvalue weighted by Crippen LogP contribution is -2.06. The molecule has 0 spiro atoms. The van der Waals surface area contributed by atoms with Crippen molar-refractivity contribution in [1.29, 1.82) is 0 Å². The molecular formula is C16H19N3O2. The lowest BCUT2D eigenvalue weighted by molar-refractivity contribution is -0.384. The lowest BCUT2D eigenvalue weighted by Gasteiger charge is -2.09. The predicted molar refractivity (Wildman–Crippen MR) is 83.6 cm³/mol. The van der Waals surface area contributed by atoms with Crippen molar-refractivity contribution in [3.05, 3.63) is 63.5 Å². The maximum Gasteiger partial charge on any atom is 0.292 e. The molecule has 0 saturated heterocycles. The number of aryl methyl sites for hydroxylation is 3. The van der Waals surface area contributed by atoms with Gasteiger partial charge in [0.25, 0.3) is 5.69 Å². The Kier molecular flexibility index (Phi) is 4.87. The number of aromatic nitrogens is 1. The van der Waals surface area contributed by atoms with Crippen LogP contribution in [0.15, 0.2) is 36.5 Å². The summed E-state index contributed by atoms with van der Waals surface area (Å²) in [6, 6.07) is 9.30. The van der Waals surface area contributed by atoms with Crippen molar-refractivity contribution in [1.82, 2.24) is 4.98 Å². The van der Waals surface area contributed by atoms with Gasteiger partial charge in [-0.2, -0.15) is 0 Å². The summed E-state index contributed by atoms with van der Waals surface area (Å²) in [5.74, 6) is 0. The number of benzene rings is 1.